The number of aromatic nitrogens is 1. The zero-order valence-corrected chi connectivity index (χ0v) is 11.5. The van der Waals surface area contributed by atoms with E-state index in [4.69, 9.17) is 0 Å². The molecule has 0 radical (unpaired) electrons. The van der Waals surface area contributed by atoms with Crippen LogP contribution in [-0.4, -0.2) is 18.1 Å². The van der Waals surface area contributed by atoms with Crippen LogP contribution in [0.5, 0.6) is 0 Å². The molecule has 0 aromatic carbocycles. The summed E-state index contributed by atoms with van der Waals surface area (Å²) in [5.41, 5.74) is 0.661. The molecule has 1 aromatic rings. The van der Waals surface area contributed by atoms with Crippen LogP contribution in [0.3, 0.4) is 0 Å². The van der Waals surface area contributed by atoms with Crippen molar-refractivity contribution in [1.82, 2.24) is 4.98 Å². The Hall–Kier alpha value is -0.0900. The quantitative estimate of drug-likeness (QED) is 0.781. The van der Waals surface area contributed by atoms with Crippen LogP contribution in [0, 0.1) is 5.41 Å². The van der Waals surface area contributed by atoms with Crippen LogP contribution in [0.2, 0.25) is 0 Å². The van der Waals surface area contributed by atoms with E-state index in [-0.39, 0.29) is 0 Å². The summed E-state index contributed by atoms with van der Waals surface area (Å²) in [6, 6.07) is 2.07. The maximum atomic E-state index is 4.49. The first kappa shape index (κ1) is 10.1. The molecule has 0 atom stereocenters. The number of halogens is 2. The molecule has 1 aromatic heterocycles. The van der Waals surface area contributed by atoms with Crippen LogP contribution in [0.1, 0.15) is 19.3 Å². The Kier molecular flexibility index (Phi) is 2.32. The van der Waals surface area contributed by atoms with E-state index in [1.165, 1.54) is 25.8 Å². The van der Waals surface area contributed by atoms with Gasteiger partial charge >= 0.3 is 0 Å². The minimum absolute atomic E-state index is 0.661. The molecule has 2 aliphatic rings. The van der Waals surface area contributed by atoms with Crippen molar-refractivity contribution >= 4 is 37.7 Å². The fraction of sp³-hybridized carbons (Fsp3) is 0.545. The molecule has 1 saturated heterocycles. The van der Waals surface area contributed by atoms with E-state index in [0.717, 1.165) is 21.3 Å². The van der Waals surface area contributed by atoms with E-state index in [9.17, 15) is 0 Å². The lowest BCUT2D eigenvalue weighted by molar-refractivity contribution is 0.580. The fourth-order valence-electron chi connectivity index (χ4n) is 2.34. The van der Waals surface area contributed by atoms with E-state index < -0.39 is 0 Å². The van der Waals surface area contributed by atoms with E-state index in [1.54, 1.807) is 0 Å². The first-order valence-electron chi connectivity index (χ1n) is 5.25. The topological polar surface area (TPSA) is 16.1 Å². The third-order valence-corrected chi connectivity index (χ3v) is 4.50. The highest BCUT2D eigenvalue weighted by molar-refractivity contribution is 9.11. The number of pyridine rings is 1. The van der Waals surface area contributed by atoms with Crippen molar-refractivity contribution in [2.24, 2.45) is 5.41 Å². The van der Waals surface area contributed by atoms with Gasteiger partial charge in [0, 0.05) is 23.8 Å². The van der Waals surface area contributed by atoms with Gasteiger partial charge < -0.3 is 4.90 Å². The number of hydrogen-bond donors (Lipinski definition) is 0. The molecule has 0 N–H and O–H groups in total. The van der Waals surface area contributed by atoms with Crippen LogP contribution in [0.4, 0.5) is 5.82 Å². The van der Waals surface area contributed by atoms with Crippen molar-refractivity contribution in [1.29, 1.82) is 0 Å². The second kappa shape index (κ2) is 3.45. The second-order valence-electron chi connectivity index (χ2n) is 4.63. The predicted octanol–water partition coefficient (Wildman–Crippen LogP) is 3.60. The van der Waals surface area contributed by atoms with Gasteiger partial charge in [-0.15, -0.1) is 0 Å². The van der Waals surface area contributed by atoms with Crippen LogP contribution in [0.25, 0.3) is 0 Å². The molecule has 2 heterocycles. The zero-order valence-electron chi connectivity index (χ0n) is 8.34. The Balaban J connectivity index is 1.87. The van der Waals surface area contributed by atoms with Gasteiger partial charge in [0.1, 0.15) is 5.82 Å². The van der Waals surface area contributed by atoms with E-state index >= 15 is 0 Å². The van der Waals surface area contributed by atoms with Gasteiger partial charge in [-0.2, -0.15) is 0 Å². The summed E-state index contributed by atoms with van der Waals surface area (Å²) in [5, 5.41) is 0. The smallest absolute Gasteiger partial charge is 0.142 e. The molecule has 1 saturated carbocycles. The number of nitrogens with zero attached hydrogens (tertiary/aromatic N) is 2. The summed E-state index contributed by atoms with van der Waals surface area (Å²) < 4.78 is 2.12. The summed E-state index contributed by atoms with van der Waals surface area (Å²) in [4.78, 5) is 6.89. The maximum Gasteiger partial charge on any atom is 0.142 e. The van der Waals surface area contributed by atoms with E-state index in [1.807, 2.05) is 6.20 Å². The molecule has 4 heteroatoms. The first-order valence-corrected chi connectivity index (χ1v) is 6.83. The number of anilines is 1. The second-order valence-corrected chi connectivity index (χ2v) is 6.40. The average Bonchev–Trinajstić information content (AvgIpc) is 2.79. The summed E-state index contributed by atoms with van der Waals surface area (Å²) in [6.45, 7) is 2.35. The summed E-state index contributed by atoms with van der Waals surface area (Å²) in [7, 11) is 0. The van der Waals surface area contributed by atoms with Gasteiger partial charge in [0.05, 0.1) is 4.47 Å². The highest BCUT2D eigenvalue weighted by atomic mass is 79.9. The molecule has 3 rings (SSSR count). The number of rotatable bonds is 1. The van der Waals surface area contributed by atoms with Crippen molar-refractivity contribution in [2.45, 2.75) is 19.3 Å². The van der Waals surface area contributed by atoms with Crippen LogP contribution in [-0.2, 0) is 0 Å². The Morgan fingerprint density at radius 3 is 2.67 bits per heavy atom. The predicted molar refractivity (Wildman–Crippen MR) is 68.1 cm³/mol. The third kappa shape index (κ3) is 1.82. The molecule has 80 valence electrons. The Labute approximate surface area is 106 Å². The third-order valence-electron chi connectivity index (χ3n) is 3.48. The van der Waals surface area contributed by atoms with Gasteiger partial charge in [-0.25, -0.2) is 4.98 Å². The summed E-state index contributed by atoms with van der Waals surface area (Å²) in [5.74, 6) is 1.10. The molecule has 1 aliphatic heterocycles. The minimum Gasteiger partial charge on any atom is -0.355 e. The molecule has 0 unspecified atom stereocenters. The molecular weight excluding hydrogens is 320 g/mol. The molecular formula is C11H12Br2N2. The van der Waals surface area contributed by atoms with Gasteiger partial charge in [-0.3, -0.25) is 0 Å². The van der Waals surface area contributed by atoms with Crippen LogP contribution in [0.15, 0.2) is 21.2 Å². The van der Waals surface area contributed by atoms with Gasteiger partial charge in [0.25, 0.3) is 0 Å². The lowest BCUT2D eigenvalue weighted by Gasteiger charge is -2.18. The van der Waals surface area contributed by atoms with Gasteiger partial charge in [-0.1, -0.05) is 0 Å². The standard InChI is InChI=1S/C11H12Br2N2/c12-8-5-9(13)10(14-6-8)15-4-3-11(7-15)1-2-11/h5-6H,1-4,7H2. The van der Waals surface area contributed by atoms with Crippen molar-refractivity contribution in [3.8, 4) is 0 Å². The van der Waals surface area contributed by atoms with Crippen molar-refractivity contribution in [3.05, 3.63) is 21.2 Å². The number of hydrogen-bond acceptors (Lipinski definition) is 2. The summed E-state index contributed by atoms with van der Waals surface area (Å²) in [6.07, 6.45) is 6.05. The highest BCUT2D eigenvalue weighted by Crippen LogP contribution is 2.53. The lowest BCUT2D eigenvalue weighted by atomic mass is 10.1. The van der Waals surface area contributed by atoms with Crippen LogP contribution >= 0.6 is 31.9 Å². The molecule has 2 nitrogen and oxygen atoms in total. The molecule has 1 aliphatic carbocycles. The molecule has 0 amide bonds. The van der Waals surface area contributed by atoms with Crippen molar-refractivity contribution in [3.63, 3.8) is 0 Å². The van der Waals surface area contributed by atoms with E-state index in [0.29, 0.717) is 5.41 Å². The molecule has 15 heavy (non-hydrogen) atoms. The highest BCUT2D eigenvalue weighted by Gasteiger charge is 2.48. The monoisotopic (exact) mass is 330 g/mol. The van der Waals surface area contributed by atoms with Gasteiger partial charge in [0.2, 0.25) is 0 Å². The first-order chi connectivity index (χ1) is 7.19. The van der Waals surface area contributed by atoms with Crippen molar-refractivity contribution < 1.29 is 0 Å². The Morgan fingerprint density at radius 1 is 1.27 bits per heavy atom. The Morgan fingerprint density at radius 2 is 2.07 bits per heavy atom. The lowest BCUT2D eigenvalue weighted by Crippen LogP contribution is -2.21. The minimum atomic E-state index is 0.661. The maximum absolute atomic E-state index is 4.49. The summed E-state index contributed by atoms with van der Waals surface area (Å²) >= 11 is 7.01. The van der Waals surface area contributed by atoms with Crippen molar-refractivity contribution in [2.75, 3.05) is 18.0 Å². The normalized spacial score (nSPS) is 22.4. The van der Waals surface area contributed by atoms with Gasteiger partial charge in [0.15, 0.2) is 0 Å². The van der Waals surface area contributed by atoms with E-state index in [2.05, 4.69) is 47.8 Å². The van der Waals surface area contributed by atoms with Crippen LogP contribution < -0.4 is 4.90 Å². The Bertz CT molecular complexity index is 402. The zero-order chi connectivity index (χ0) is 10.5. The fourth-order valence-corrected chi connectivity index (χ4v) is 3.58. The SMILES string of the molecule is Brc1cnc(N2CCC3(CC3)C2)c(Br)c1. The van der Waals surface area contributed by atoms with Gasteiger partial charge in [-0.05, 0) is 62.6 Å². The molecule has 0 bridgehead atoms. The molecule has 2 fully saturated rings. The molecule has 1 spiro atoms. The average molecular weight is 332 g/mol. The largest absolute Gasteiger partial charge is 0.355 e.